The topological polar surface area (TPSA) is 45.2 Å². The number of fused-ring (bicyclic) bond motifs is 2. The normalized spacial score (nSPS) is 24.3. The monoisotopic (exact) mass is 404 g/mol. The van der Waals surface area contributed by atoms with Gasteiger partial charge in [-0.05, 0) is 35.7 Å². The van der Waals surface area contributed by atoms with Gasteiger partial charge in [-0.25, -0.2) is 4.39 Å². The molecule has 1 fully saturated rings. The first kappa shape index (κ1) is 18.0. The molecule has 0 spiro atoms. The van der Waals surface area contributed by atoms with Crippen LogP contribution in [0.1, 0.15) is 17.2 Å². The van der Waals surface area contributed by atoms with Crippen molar-refractivity contribution in [3.8, 4) is 11.5 Å². The molecule has 2 aliphatic heterocycles. The highest BCUT2D eigenvalue weighted by atomic mass is 35.5. The molecule has 148 valence electrons. The molecule has 1 aliphatic carbocycles. The summed E-state index contributed by atoms with van der Waals surface area (Å²) in [6, 6.07) is 8.39. The third-order valence-corrected chi connectivity index (χ3v) is 6.15. The van der Waals surface area contributed by atoms with Crippen molar-refractivity contribution in [1.82, 2.24) is 4.90 Å². The summed E-state index contributed by atoms with van der Waals surface area (Å²) in [4.78, 5) is 4.55. The number of aliphatic hydroxyl groups is 1. The number of halogens is 2. The number of hydrogen-bond acceptors (Lipinski definition) is 5. The molecular formula is C21H22ClFN2O3. The number of rotatable bonds is 2. The molecule has 0 amide bonds. The van der Waals surface area contributed by atoms with E-state index in [1.807, 2.05) is 6.07 Å². The van der Waals surface area contributed by atoms with Crippen LogP contribution in [0.25, 0.3) is 0 Å². The van der Waals surface area contributed by atoms with Gasteiger partial charge in [0.25, 0.3) is 0 Å². The molecule has 0 aromatic heterocycles. The molecule has 0 saturated carbocycles. The van der Waals surface area contributed by atoms with E-state index in [1.165, 1.54) is 6.07 Å². The Bertz CT molecular complexity index is 901. The molecule has 2 atom stereocenters. The number of aliphatic hydroxyl groups excluding tert-OH is 1. The molecule has 0 bridgehead atoms. The van der Waals surface area contributed by atoms with E-state index in [0.717, 1.165) is 48.7 Å². The van der Waals surface area contributed by atoms with Crippen LogP contribution in [0.3, 0.4) is 0 Å². The fraction of sp³-hybridized carbons (Fsp3) is 0.429. The summed E-state index contributed by atoms with van der Waals surface area (Å²) in [5.41, 5.74) is 2.72. The Balaban J connectivity index is 1.31. The van der Waals surface area contributed by atoms with Crippen LogP contribution in [0.15, 0.2) is 30.3 Å². The van der Waals surface area contributed by atoms with Crippen molar-refractivity contribution in [2.75, 3.05) is 44.3 Å². The zero-order valence-corrected chi connectivity index (χ0v) is 16.2. The van der Waals surface area contributed by atoms with E-state index in [4.69, 9.17) is 21.1 Å². The molecule has 3 aliphatic rings. The van der Waals surface area contributed by atoms with Gasteiger partial charge in [-0.2, -0.15) is 0 Å². The Morgan fingerprint density at radius 2 is 1.82 bits per heavy atom. The van der Waals surface area contributed by atoms with Gasteiger partial charge >= 0.3 is 0 Å². The molecule has 1 N–H and O–H groups in total. The molecule has 5 nitrogen and oxygen atoms in total. The molecule has 2 heterocycles. The maximum atomic E-state index is 13.5. The number of hydrogen-bond donors (Lipinski definition) is 1. The fourth-order valence-electron chi connectivity index (χ4n) is 4.54. The van der Waals surface area contributed by atoms with E-state index < -0.39 is 6.10 Å². The lowest BCUT2D eigenvalue weighted by atomic mass is 10.1. The molecule has 5 rings (SSSR count). The maximum Gasteiger partial charge on any atom is 0.184 e. The minimum Gasteiger partial charge on any atom is -0.486 e. The molecule has 2 aromatic carbocycles. The van der Waals surface area contributed by atoms with Gasteiger partial charge in [0.2, 0.25) is 0 Å². The quantitative estimate of drug-likeness (QED) is 0.833. The third-order valence-electron chi connectivity index (χ3n) is 5.93. The zero-order chi connectivity index (χ0) is 19.3. The summed E-state index contributed by atoms with van der Waals surface area (Å²) in [6.45, 7) is 4.26. The Hall–Kier alpha value is -2.02. The molecule has 1 saturated heterocycles. The number of benzene rings is 2. The summed E-state index contributed by atoms with van der Waals surface area (Å²) >= 11 is 6.28. The van der Waals surface area contributed by atoms with Crippen molar-refractivity contribution in [2.24, 2.45) is 0 Å². The highest BCUT2D eigenvalue weighted by molar-refractivity contribution is 6.31. The minimum atomic E-state index is -0.571. The van der Waals surface area contributed by atoms with E-state index >= 15 is 0 Å². The highest BCUT2D eigenvalue weighted by Crippen LogP contribution is 2.43. The zero-order valence-electron chi connectivity index (χ0n) is 15.4. The first-order valence-electron chi connectivity index (χ1n) is 9.65. The average Bonchev–Trinajstić information content (AvgIpc) is 3.03. The van der Waals surface area contributed by atoms with E-state index in [9.17, 15) is 9.50 Å². The standard InChI is InChI=1S/C21H22ClFN2O3/c22-14-11-18(21-19(12-14)27-7-8-28-21)25-5-3-24(4-6-25)17-10-13-9-15(23)1-2-16(13)20(17)26/h1-2,9,11-12,17,20,26H,3-8,10H2/t17-,20-/m0/s1. The molecule has 2 aromatic rings. The average molecular weight is 405 g/mol. The SMILES string of the molecule is O[C@H]1c2ccc(F)cc2C[C@@H]1N1CCN(c2cc(Cl)cc3c2OCCO3)CC1. The van der Waals surface area contributed by atoms with Crippen LogP contribution in [-0.2, 0) is 6.42 Å². The third kappa shape index (κ3) is 3.09. The minimum absolute atomic E-state index is 0.00758. The first-order chi connectivity index (χ1) is 13.6. The van der Waals surface area contributed by atoms with Crippen molar-refractivity contribution < 1.29 is 19.0 Å². The second-order valence-electron chi connectivity index (χ2n) is 7.53. The van der Waals surface area contributed by atoms with Crippen molar-refractivity contribution in [2.45, 2.75) is 18.6 Å². The molecule has 7 heteroatoms. The maximum absolute atomic E-state index is 13.5. The summed E-state index contributed by atoms with van der Waals surface area (Å²) in [5.74, 6) is 1.21. The molecule has 0 unspecified atom stereocenters. The van der Waals surface area contributed by atoms with Gasteiger partial charge in [0.1, 0.15) is 19.0 Å². The number of piperazine rings is 1. The first-order valence-corrected chi connectivity index (χ1v) is 10.0. The Kier molecular flexibility index (Phi) is 4.57. The predicted octanol–water partition coefficient (Wildman–Crippen LogP) is 3.03. The fourth-order valence-corrected chi connectivity index (χ4v) is 4.75. The van der Waals surface area contributed by atoms with Crippen LogP contribution < -0.4 is 14.4 Å². The van der Waals surface area contributed by atoms with E-state index in [-0.39, 0.29) is 11.9 Å². The van der Waals surface area contributed by atoms with Crippen LogP contribution in [0.4, 0.5) is 10.1 Å². The van der Waals surface area contributed by atoms with Crippen molar-refractivity contribution in [3.63, 3.8) is 0 Å². The van der Waals surface area contributed by atoms with Gasteiger partial charge in [0, 0.05) is 43.3 Å². The lowest BCUT2D eigenvalue weighted by molar-refractivity contribution is 0.0571. The van der Waals surface area contributed by atoms with Crippen LogP contribution in [0.5, 0.6) is 11.5 Å². The summed E-state index contributed by atoms with van der Waals surface area (Å²) in [7, 11) is 0. The van der Waals surface area contributed by atoms with Gasteiger partial charge in [-0.1, -0.05) is 17.7 Å². The number of nitrogens with zero attached hydrogens (tertiary/aromatic N) is 2. The van der Waals surface area contributed by atoms with Crippen LogP contribution >= 0.6 is 11.6 Å². The second-order valence-corrected chi connectivity index (χ2v) is 7.97. The Labute approximate surface area is 168 Å². The summed E-state index contributed by atoms with van der Waals surface area (Å²) < 4.78 is 25.1. The van der Waals surface area contributed by atoms with Crippen LogP contribution in [0.2, 0.25) is 5.02 Å². The second kappa shape index (κ2) is 7.10. The molecule has 0 radical (unpaired) electrons. The van der Waals surface area contributed by atoms with Gasteiger partial charge in [0.15, 0.2) is 11.5 Å². The highest BCUT2D eigenvalue weighted by Gasteiger charge is 2.37. The summed E-state index contributed by atoms with van der Waals surface area (Å²) in [6.07, 6.45) is 0.107. The molecular weight excluding hydrogens is 383 g/mol. The molecule has 28 heavy (non-hydrogen) atoms. The van der Waals surface area contributed by atoms with E-state index in [2.05, 4.69) is 9.80 Å². The van der Waals surface area contributed by atoms with Crippen LogP contribution in [-0.4, -0.2) is 55.4 Å². The van der Waals surface area contributed by atoms with Gasteiger partial charge in [0.05, 0.1) is 11.8 Å². The van der Waals surface area contributed by atoms with Gasteiger partial charge in [-0.3, -0.25) is 4.90 Å². The largest absolute Gasteiger partial charge is 0.486 e. The van der Waals surface area contributed by atoms with Crippen molar-refractivity contribution in [3.05, 3.63) is 52.3 Å². The number of anilines is 1. The van der Waals surface area contributed by atoms with E-state index in [0.29, 0.717) is 30.4 Å². The van der Waals surface area contributed by atoms with Crippen LogP contribution in [0, 0.1) is 5.82 Å². The van der Waals surface area contributed by atoms with Gasteiger partial charge < -0.3 is 19.5 Å². The van der Waals surface area contributed by atoms with Gasteiger partial charge in [-0.15, -0.1) is 0 Å². The van der Waals surface area contributed by atoms with Crippen molar-refractivity contribution in [1.29, 1.82) is 0 Å². The predicted molar refractivity (Wildman–Crippen MR) is 105 cm³/mol. The Morgan fingerprint density at radius 3 is 2.64 bits per heavy atom. The smallest absolute Gasteiger partial charge is 0.184 e. The summed E-state index contributed by atoms with van der Waals surface area (Å²) in [5, 5.41) is 11.4. The van der Waals surface area contributed by atoms with Crippen molar-refractivity contribution >= 4 is 17.3 Å². The number of ether oxygens (including phenoxy) is 2. The Morgan fingerprint density at radius 1 is 1.04 bits per heavy atom. The van der Waals surface area contributed by atoms with E-state index in [1.54, 1.807) is 18.2 Å². The lowest BCUT2D eigenvalue weighted by Gasteiger charge is -2.40. The lowest BCUT2D eigenvalue weighted by Crippen LogP contribution is -2.51.